The smallest absolute Gasteiger partial charge is 0.287 e. The molecule has 4 aromatic rings. The molecule has 0 unspecified atom stereocenters. The monoisotopic (exact) mass is 563 g/mol. The summed E-state index contributed by atoms with van der Waals surface area (Å²) in [6, 6.07) is 8.01. The molecule has 0 saturated heterocycles. The molecule has 208 valence electrons. The molecule has 12 heteroatoms. The molecule has 1 amide bonds. The van der Waals surface area contributed by atoms with Crippen LogP contribution in [0.4, 0.5) is 21.6 Å². The normalized spacial score (nSPS) is 17.9. The number of carbonyl (C=O) groups is 1. The SMILES string of the molecule is Cc1c(-c2cc(Nc3cc4n(n3)CCN(C)C4)c(=O)[nH]n2)ccc(F)c1NC(=O)c1cc2c(s1)CC(C)(C)[C@@H]2O. The fraction of sp³-hybridized carbons (Fsp3) is 0.357. The number of likely N-dealkylation sites (N-methyl/N-ethyl adjacent to an activating group) is 1. The third-order valence-corrected chi connectivity index (χ3v) is 8.85. The molecule has 6 rings (SSSR count). The van der Waals surface area contributed by atoms with Crippen molar-refractivity contribution in [2.75, 3.05) is 24.2 Å². The summed E-state index contributed by atoms with van der Waals surface area (Å²) in [7, 11) is 2.04. The standard InChI is InChI=1S/C28H30FN7O3S/c1-14-16(19-11-20(26(38)33-32-19)30-23-9-15-13-35(4)7-8-36(15)34-23)5-6-18(29)24(14)31-27(39)21-10-17-22(40-21)12-28(2,3)25(17)37/h5-6,9-11,25,37H,7-8,12-13H2,1-4H3,(H,31,39)(H,33,38)(H,30,32,34)/t25-/m1/s1. The lowest BCUT2D eigenvalue weighted by molar-refractivity contribution is 0.0665. The molecule has 0 bridgehead atoms. The molecule has 1 aliphatic heterocycles. The number of aromatic nitrogens is 4. The number of nitrogens with zero attached hydrogens (tertiary/aromatic N) is 4. The minimum absolute atomic E-state index is 0.0327. The van der Waals surface area contributed by atoms with E-state index in [0.717, 1.165) is 35.8 Å². The zero-order valence-corrected chi connectivity index (χ0v) is 23.4. The molecular formula is C28H30FN7O3S. The molecule has 4 heterocycles. The fourth-order valence-electron chi connectivity index (χ4n) is 5.37. The zero-order valence-electron chi connectivity index (χ0n) is 22.6. The summed E-state index contributed by atoms with van der Waals surface area (Å²) in [5.41, 5.74) is 2.80. The van der Waals surface area contributed by atoms with Gasteiger partial charge >= 0.3 is 0 Å². The predicted octanol–water partition coefficient (Wildman–Crippen LogP) is 4.20. The van der Waals surface area contributed by atoms with Crippen LogP contribution in [0.1, 0.15) is 51.3 Å². The van der Waals surface area contributed by atoms with Crippen molar-refractivity contribution in [3.05, 3.63) is 73.1 Å². The highest BCUT2D eigenvalue weighted by molar-refractivity contribution is 7.14. The third kappa shape index (κ3) is 4.61. The highest BCUT2D eigenvalue weighted by atomic mass is 32.1. The first-order valence-electron chi connectivity index (χ1n) is 13.0. The Hall–Kier alpha value is -3.87. The van der Waals surface area contributed by atoms with Crippen LogP contribution in [-0.2, 0) is 19.5 Å². The molecule has 1 aliphatic carbocycles. The van der Waals surface area contributed by atoms with Gasteiger partial charge in [-0.3, -0.25) is 19.2 Å². The number of hydrogen-bond acceptors (Lipinski definition) is 8. The summed E-state index contributed by atoms with van der Waals surface area (Å²) in [6.07, 6.45) is 0.0298. The van der Waals surface area contributed by atoms with Crippen molar-refractivity contribution in [1.82, 2.24) is 24.9 Å². The van der Waals surface area contributed by atoms with Gasteiger partial charge in [-0.05, 0) is 61.2 Å². The topological polar surface area (TPSA) is 128 Å². The van der Waals surface area contributed by atoms with Gasteiger partial charge in [0.2, 0.25) is 0 Å². The second-order valence-electron chi connectivity index (χ2n) is 11.2. The van der Waals surface area contributed by atoms with Crippen molar-refractivity contribution in [3.63, 3.8) is 0 Å². The van der Waals surface area contributed by atoms with Crippen LogP contribution in [0.15, 0.2) is 35.1 Å². The number of halogens is 1. The molecule has 2 aliphatic rings. The largest absolute Gasteiger partial charge is 0.388 e. The number of rotatable bonds is 5. The summed E-state index contributed by atoms with van der Waals surface area (Å²) in [4.78, 5) is 29.3. The van der Waals surface area contributed by atoms with Crippen molar-refractivity contribution < 1.29 is 14.3 Å². The molecule has 10 nitrogen and oxygen atoms in total. The van der Waals surface area contributed by atoms with Crippen molar-refractivity contribution in [2.45, 2.75) is 46.4 Å². The zero-order chi connectivity index (χ0) is 28.3. The van der Waals surface area contributed by atoms with Gasteiger partial charge in [-0.15, -0.1) is 11.3 Å². The lowest BCUT2D eigenvalue weighted by atomic mass is 9.88. The highest BCUT2D eigenvalue weighted by Crippen LogP contribution is 2.48. The van der Waals surface area contributed by atoms with Crippen LogP contribution in [0.2, 0.25) is 0 Å². The first-order valence-corrected chi connectivity index (χ1v) is 13.9. The van der Waals surface area contributed by atoms with E-state index < -0.39 is 23.4 Å². The number of H-pyrrole nitrogens is 1. The molecule has 1 atom stereocenters. The van der Waals surface area contributed by atoms with Gasteiger partial charge in [0.1, 0.15) is 11.5 Å². The summed E-state index contributed by atoms with van der Waals surface area (Å²) in [5.74, 6) is -0.487. The number of nitrogens with one attached hydrogen (secondary N) is 3. The van der Waals surface area contributed by atoms with Crippen LogP contribution in [0.25, 0.3) is 11.3 Å². The molecule has 40 heavy (non-hydrogen) atoms. The maximum Gasteiger partial charge on any atom is 0.287 e. The van der Waals surface area contributed by atoms with Crippen LogP contribution < -0.4 is 16.2 Å². The fourth-order valence-corrected chi connectivity index (χ4v) is 6.70. The molecule has 0 radical (unpaired) electrons. The van der Waals surface area contributed by atoms with Crippen molar-refractivity contribution in [2.24, 2.45) is 5.41 Å². The number of thiophene rings is 1. The minimum atomic E-state index is -0.648. The lowest BCUT2D eigenvalue weighted by Gasteiger charge is -2.22. The van der Waals surface area contributed by atoms with E-state index in [9.17, 15) is 19.1 Å². The Kier molecular flexibility index (Phi) is 6.36. The molecule has 0 saturated carbocycles. The summed E-state index contributed by atoms with van der Waals surface area (Å²) >= 11 is 1.32. The number of aliphatic hydroxyl groups is 1. The number of aromatic amines is 1. The van der Waals surface area contributed by atoms with Gasteiger partial charge in [0, 0.05) is 29.6 Å². The van der Waals surface area contributed by atoms with Gasteiger partial charge in [-0.1, -0.05) is 13.8 Å². The maximum absolute atomic E-state index is 15.0. The second kappa shape index (κ2) is 9.65. The van der Waals surface area contributed by atoms with Crippen LogP contribution in [0, 0.1) is 18.2 Å². The first kappa shape index (κ1) is 26.4. The van der Waals surface area contributed by atoms with Crippen LogP contribution >= 0.6 is 11.3 Å². The number of hydrogen-bond donors (Lipinski definition) is 4. The molecular weight excluding hydrogens is 533 g/mol. The van der Waals surface area contributed by atoms with E-state index in [1.54, 1.807) is 25.1 Å². The minimum Gasteiger partial charge on any atom is -0.388 e. The molecule has 1 aromatic carbocycles. The van der Waals surface area contributed by atoms with Crippen LogP contribution in [0.5, 0.6) is 0 Å². The van der Waals surface area contributed by atoms with Crippen LogP contribution in [-0.4, -0.2) is 49.5 Å². The van der Waals surface area contributed by atoms with E-state index in [-0.39, 0.29) is 16.8 Å². The highest BCUT2D eigenvalue weighted by Gasteiger charge is 2.40. The van der Waals surface area contributed by atoms with Gasteiger partial charge in [0.05, 0.1) is 34.6 Å². The quantitative estimate of drug-likeness (QED) is 0.287. The Morgan fingerprint density at radius 1 is 1.25 bits per heavy atom. The van der Waals surface area contributed by atoms with Gasteiger partial charge in [-0.25, -0.2) is 9.49 Å². The predicted molar refractivity (Wildman–Crippen MR) is 152 cm³/mol. The Balaban J connectivity index is 1.26. The number of anilines is 3. The average molecular weight is 564 g/mol. The van der Waals surface area contributed by atoms with Gasteiger partial charge in [0.15, 0.2) is 5.82 Å². The van der Waals surface area contributed by atoms with E-state index in [1.807, 2.05) is 31.6 Å². The van der Waals surface area contributed by atoms with Crippen molar-refractivity contribution >= 4 is 34.4 Å². The molecule has 4 N–H and O–H groups in total. The number of benzene rings is 1. The Morgan fingerprint density at radius 2 is 2.05 bits per heavy atom. The van der Waals surface area contributed by atoms with Crippen LogP contribution in [0.3, 0.4) is 0 Å². The second-order valence-corrected chi connectivity index (χ2v) is 12.3. The van der Waals surface area contributed by atoms with Gasteiger partial charge in [-0.2, -0.15) is 10.2 Å². The van der Waals surface area contributed by atoms with Crippen molar-refractivity contribution in [1.29, 1.82) is 0 Å². The van der Waals surface area contributed by atoms with E-state index in [1.165, 1.54) is 17.4 Å². The van der Waals surface area contributed by atoms with E-state index in [0.29, 0.717) is 33.9 Å². The Morgan fingerprint density at radius 3 is 2.83 bits per heavy atom. The number of fused-ring (bicyclic) bond motifs is 2. The van der Waals surface area contributed by atoms with Gasteiger partial charge in [0.25, 0.3) is 11.5 Å². The van der Waals surface area contributed by atoms with E-state index in [4.69, 9.17) is 0 Å². The summed E-state index contributed by atoms with van der Waals surface area (Å²) < 4.78 is 16.9. The molecule has 3 aromatic heterocycles. The Bertz CT molecular complexity index is 1710. The summed E-state index contributed by atoms with van der Waals surface area (Å²) in [6.45, 7) is 8.09. The number of aliphatic hydroxyl groups excluding tert-OH is 1. The number of carbonyl (C=O) groups excluding carboxylic acids is 1. The first-order chi connectivity index (χ1) is 19.0. The number of amides is 1. The average Bonchev–Trinajstić information content (AvgIpc) is 3.55. The Labute approximate surface area is 233 Å². The summed E-state index contributed by atoms with van der Waals surface area (Å²) in [5, 5.41) is 27.6. The van der Waals surface area contributed by atoms with E-state index in [2.05, 4.69) is 30.8 Å². The van der Waals surface area contributed by atoms with E-state index >= 15 is 0 Å². The molecule has 0 fully saturated rings. The lowest BCUT2D eigenvalue weighted by Crippen LogP contribution is -2.30. The third-order valence-electron chi connectivity index (χ3n) is 7.70. The van der Waals surface area contributed by atoms with Crippen molar-refractivity contribution in [3.8, 4) is 11.3 Å². The maximum atomic E-state index is 15.0. The molecule has 0 spiro atoms. The van der Waals surface area contributed by atoms with Gasteiger partial charge < -0.3 is 15.7 Å².